The highest BCUT2D eigenvalue weighted by Crippen LogP contribution is 2.30. The molecule has 0 fully saturated rings. The number of anilines is 2. The van der Waals surface area contributed by atoms with Crippen molar-refractivity contribution in [2.75, 3.05) is 10.6 Å². The number of carbonyl (C=O) groups excluding carboxylic acids is 2. The molecule has 2 aromatic heterocycles. The van der Waals surface area contributed by atoms with Crippen molar-refractivity contribution in [1.29, 1.82) is 0 Å². The van der Waals surface area contributed by atoms with Crippen LogP contribution >= 0.6 is 22.7 Å². The van der Waals surface area contributed by atoms with Crippen molar-refractivity contribution in [2.24, 2.45) is 0 Å². The van der Waals surface area contributed by atoms with E-state index in [4.69, 9.17) is 0 Å². The maximum absolute atomic E-state index is 12.4. The molecule has 2 amide bonds. The number of benzene rings is 2. The fraction of sp³-hybridized carbons (Fsp3) is 0.333. The number of rotatable bonds is 7. The zero-order chi connectivity index (χ0) is 27.5. The molecule has 2 heterocycles. The Labute approximate surface area is 232 Å². The molecule has 8 heteroatoms. The summed E-state index contributed by atoms with van der Waals surface area (Å²) in [6, 6.07) is 16.7. The Balaban J connectivity index is 1.26. The lowest BCUT2D eigenvalue weighted by Crippen LogP contribution is -2.17. The second-order valence-corrected chi connectivity index (χ2v) is 13.0. The standard InChI is InChI=1S/C30H34N4O2S2/c1-29(2,3)21-11-7-19(8-12-21)23-17-37-27(31-23)33-25(35)15-16-26(36)34-28-32-24(18-38-28)20-9-13-22(14-10-20)30(4,5)6/h7-14,17-18H,15-16H2,1-6H3,(H,31,33,35)(H,32,34,36). The highest BCUT2D eigenvalue weighted by molar-refractivity contribution is 7.14. The summed E-state index contributed by atoms with van der Waals surface area (Å²) in [6.45, 7) is 13.1. The van der Waals surface area contributed by atoms with E-state index in [-0.39, 0.29) is 35.5 Å². The van der Waals surface area contributed by atoms with Crippen LogP contribution in [-0.4, -0.2) is 21.8 Å². The average molecular weight is 547 g/mol. The second-order valence-electron chi connectivity index (χ2n) is 11.3. The summed E-state index contributed by atoms with van der Waals surface area (Å²) in [5.74, 6) is -0.495. The van der Waals surface area contributed by atoms with Crippen LogP contribution in [0, 0.1) is 0 Å². The van der Waals surface area contributed by atoms with E-state index in [2.05, 4.69) is 111 Å². The van der Waals surface area contributed by atoms with E-state index < -0.39 is 0 Å². The first-order valence-corrected chi connectivity index (χ1v) is 14.4. The topological polar surface area (TPSA) is 84.0 Å². The van der Waals surface area contributed by atoms with Gasteiger partial charge in [0.1, 0.15) is 0 Å². The van der Waals surface area contributed by atoms with Crippen LogP contribution in [0.1, 0.15) is 65.5 Å². The molecular formula is C30H34N4O2S2. The van der Waals surface area contributed by atoms with E-state index in [1.807, 2.05) is 10.8 Å². The van der Waals surface area contributed by atoms with Gasteiger partial charge in [-0.15, -0.1) is 22.7 Å². The lowest BCUT2D eigenvalue weighted by Gasteiger charge is -2.18. The molecule has 0 radical (unpaired) electrons. The van der Waals surface area contributed by atoms with Crippen molar-refractivity contribution in [1.82, 2.24) is 9.97 Å². The van der Waals surface area contributed by atoms with Gasteiger partial charge in [0.15, 0.2) is 10.3 Å². The van der Waals surface area contributed by atoms with E-state index in [1.165, 1.54) is 33.8 Å². The van der Waals surface area contributed by atoms with Crippen molar-refractivity contribution in [3.8, 4) is 22.5 Å². The van der Waals surface area contributed by atoms with E-state index in [1.54, 1.807) is 0 Å². The molecule has 0 atom stereocenters. The van der Waals surface area contributed by atoms with Gasteiger partial charge in [-0.1, -0.05) is 90.1 Å². The van der Waals surface area contributed by atoms with Gasteiger partial charge < -0.3 is 10.6 Å². The Hall–Kier alpha value is -3.36. The van der Waals surface area contributed by atoms with Crippen LogP contribution < -0.4 is 10.6 Å². The first-order valence-electron chi connectivity index (χ1n) is 12.6. The summed E-state index contributed by atoms with van der Waals surface area (Å²) in [5.41, 5.74) is 6.33. The zero-order valence-corrected chi connectivity index (χ0v) is 24.3. The third-order valence-corrected chi connectivity index (χ3v) is 7.69. The summed E-state index contributed by atoms with van der Waals surface area (Å²) >= 11 is 2.74. The third-order valence-electron chi connectivity index (χ3n) is 6.17. The second kappa shape index (κ2) is 11.2. The molecule has 0 spiro atoms. The molecule has 6 nitrogen and oxygen atoms in total. The minimum Gasteiger partial charge on any atom is -0.302 e. The maximum Gasteiger partial charge on any atom is 0.226 e. The van der Waals surface area contributed by atoms with E-state index >= 15 is 0 Å². The van der Waals surface area contributed by atoms with Gasteiger partial charge in [0, 0.05) is 34.7 Å². The predicted octanol–water partition coefficient (Wildman–Crippen LogP) is 7.89. The summed E-state index contributed by atoms with van der Waals surface area (Å²) in [5, 5.41) is 10.5. The molecule has 38 heavy (non-hydrogen) atoms. The molecular weight excluding hydrogens is 512 g/mol. The van der Waals surface area contributed by atoms with Crippen LogP contribution in [0.15, 0.2) is 59.3 Å². The van der Waals surface area contributed by atoms with Gasteiger partial charge in [-0.2, -0.15) is 0 Å². The molecule has 2 N–H and O–H groups in total. The summed E-state index contributed by atoms with van der Waals surface area (Å²) in [6.07, 6.45) is 0.126. The van der Waals surface area contributed by atoms with Gasteiger partial charge in [-0.25, -0.2) is 9.97 Å². The predicted molar refractivity (Wildman–Crippen MR) is 159 cm³/mol. The number of thiazole rings is 2. The summed E-state index contributed by atoms with van der Waals surface area (Å²) < 4.78 is 0. The highest BCUT2D eigenvalue weighted by Gasteiger charge is 2.16. The monoisotopic (exact) mass is 546 g/mol. The smallest absolute Gasteiger partial charge is 0.226 e. The maximum atomic E-state index is 12.4. The normalized spacial score (nSPS) is 11.8. The van der Waals surface area contributed by atoms with Gasteiger partial charge in [-0.05, 0) is 22.0 Å². The van der Waals surface area contributed by atoms with Crippen molar-refractivity contribution in [3.63, 3.8) is 0 Å². The van der Waals surface area contributed by atoms with Crippen molar-refractivity contribution in [3.05, 3.63) is 70.4 Å². The van der Waals surface area contributed by atoms with Gasteiger partial charge in [0.25, 0.3) is 0 Å². The van der Waals surface area contributed by atoms with E-state index in [0.717, 1.165) is 22.5 Å². The van der Waals surface area contributed by atoms with Gasteiger partial charge in [-0.3, -0.25) is 9.59 Å². The molecule has 4 rings (SSSR count). The van der Waals surface area contributed by atoms with Crippen LogP contribution in [-0.2, 0) is 20.4 Å². The fourth-order valence-corrected chi connectivity index (χ4v) is 5.27. The Morgan fingerprint density at radius 3 is 1.29 bits per heavy atom. The van der Waals surface area contributed by atoms with Crippen LogP contribution in [0.4, 0.5) is 10.3 Å². The Morgan fingerprint density at radius 2 is 0.974 bits per heavy atom. The lowest BCUT2D eigenvalue weighted by molar-refractivity contribution is -0.121. The molecule has 2 aromatic carbocycles. The summed E-state index contributed by atoms with van der Waals surface area (Å²) in [4.78, 5) is 33.9. The third kappa shape index (κ3) is 7.14. The Morgan fingerprint density at radius 1 is 0.632 bits per heavy atom. The van der Waals surface area contributed by atoms with Crippen molar-refractivity contribution in [2.45, 2.75) is 65.2 Å². The van der Waals surface area contributed by atoms with Crippen LogP contribution in [0.5, 0.6) is 0 Å². The molecule has 198 valence electrons. The zero-order valence-electron chi connectivity index (χ0n) is 22.7. The van der Waals surface area contributed by atoms with Crippen molar-refractivity contribution >= 4 is 44.8 Å². The van der Waals surface area contributed by atoms with E-state index in [0.29, 0.717) is 10.3 Å². The highest BCUT2D eigenvalue weighted by atomic mass is 32.1. The van der Waals surface area contributed by atoms with Crippen LogP contribution in [0.25, 0.3) is 22.5 Å². The number of nitrogens with zero attached hydrogens (tertiary/aromatic N) is 2. The minimum absolute atomic E-state index is 0.0630. The largest absolute Gasteiger partial charge is 0.302 e. The number of aromatic nitrogens is 2. The molecule has 0 saturated heterocycles. The molecule has 0 saturated carbocycles. The Kier molecular flexibility index (Phi) is 8.13. The molecule has 0 unspecified atom stereocenters. The van der Waals surface area contributed by atoms with Gasteiger partial charge >= 0.3 is 0 Å². The number of hydrogen-bond donors (Lipinski definition) is 2. The molecule has 0 aliphatic carbocycles. The lowest BCUT2D eigenvalue weighted by atomic mass is 9.86. The van der Waals surface area contributed by atoms with Crippen LogP contribution in [0.2, 0.25) is 0 Å². The SMILES string of the molecule is CC(C)(C)c1ccc(-c2csc(NC(=O)CCC(=O)Nc3nc(-c4ccc(C(C)(C)C)cc4)cs3)n2)cc1. The molecule has 0 aliphatic rings. The van der Waals surface area contributed by atoms with E-state index in [9.17, 15) is 9.59 Å². The van der Waals surface area contributed by atoms with Crippen LogP contribution in [0.3, 0.4) is 0 Å². The number of nitrogens with one attached hydrogen (secondary N) is 2. The van der Waals surface area contributed by atoms with Crippen molar-refractivity contribution < 1.29 is 9.59 Å². The number of carbonyl (C=O) groups is 2. The van der Waals surface area contributed by atoms with Gasteiger partial charge in [0.05, 0.1) is 11.4 Å². The fourth-order valence-electron chi connectivity index (χ4n) is 3.80. The first-order chi connectivity index (χ1) is 17.9. The quantitative estimate of drug-likeness (QED) is 0.247. The number of hydrogen-bond acceptors (Lipinski definition) is 6. The first kappa shape index (κ1) is 27.7. The van der Waals surface area contributed by atoms with Gasteiger partial charge in [0.2, 0.25) is 11.8 Å². The average Bonchev–Trinajstić information content (AvgIpc) is 3.52. The summed E-state index contributed by atoms with van der Waals surface area (Å²) in [7, 11) is 0. The Bertz CT molecular complexity index is 1300. The number of amides is 2. The minimum atomic E-state index is -0.247. The molecule has 4 aromatic rings. The molecule has 0 aliphatic heterocycles. The molecule has 0 bridgehead atoms.